The van der Waals surface area contributed by atoms with Gasteiger partial charge in [-0.2, -0.15) is 0 Å². The fraction of sp³-hybridized carbons (Fsp3) is 0.500. The van der Waals surface area contributed by atoms with Crippen LogP contribution < -0.4 is 11.1 Å². The fourth-order valence-electron chi connectivity index (χ4n) is 2.20. The number of rotatable bonds is 4. The zero-order valence-electron chi connectivity index (χ0n) is 10.5. The maximum absolute atomic E-state index is 11.1. The van der Waals surface area contributed by atoms with Crippen LogP contribution in [-0.4, -0.2) is 25.2 Å². The van der Waals surface area contributed by atoms with Gasteiger partial charge in [-0.05, 0) is 37.0 Å². The molecule has 0 bridgehead atoms. The lowest BCUT2D eigenvalue weighted by atomic mass is 10.1. The van der Waals surface area contributed by atoms with E-state index in [4.69, 9.17) is 10.5 Å². The quantitative estimate of drug-likeness (QED) is 0.847. The summed E-state index contributed by atoms with van der Waals surface area (Å²) in [5.41, 5.74) is 6.93. The van der Waals surface area contributed by atoms with Gasteiger partial charge < -0.3 is 15.8 Å². The van der Waals surface area contributed by atoms with Crippen LogP contribution in [0.25, 0.3) is 0 Å². The van der Waals surface area contributed by atoms with E-state index in [9.17, 15) is 4.79 Å². The molecular formula is C14H20N2O2. The van der Waals surface area contributed by atoms with E-state index in [1.165, 1.54) is 0 Å². The second-order valence-electron chi connectivity index (χ2n) is 4.69. The Morgan fingerprint density at radius 2 is 2.28 bits per heavy atom. The van der Waals surface area contributed by atoms with Crippen LogP contribution in [0.4, 0.5) is 0 Å². The van der Waals surface area contributed by atoms with E-state index in [0.29, 0.717) is 11.6 Å². The Morgan fingerprint density at radius 1 is 1.39 bits per heavy atom. The number of hydrogen-bond donors (Lipinski definition) is 2. The summed E-state index contributed by atoms with van der Waals surface area (Å²) in [4.78, 5) is 11.1. The van der Waals surface area contributed by atoms with Gasteiger partial charge in [-0.25, -0.2) is 0 Å². The minimum Gasteiger partial charge on any atom is -0.381 e. The normalized spacial score (nSPS) is 20.3. The highest BCUT2D eigenvalue weighted by atomic mass is 16.5. The van der Waals surface area contributed by atoms with Crippen LogP contribution in [0.2, 0.25) is 0 Å². The van der Waals surface area contributed by atoms with Crippen LogP contribution in [0.1, 0.15) is 35.2 Å². The number of ether oxygens (including phenoxy) is 1. The first kappa shape index (κ1) is 13.1. The van der Waals surface area contributed by atoms with E-state index < -0.39 is 0 Å². The Morgan fingerprint density at radius 3 is 3.11 bits per heavy atom. The molecule has 1 heterocycles. The molecule has 0 aromatic heterocycles. The fourth-order valence-corrected chi connectivity index (χ4v) is 2.20. The summed E-state index contributed by atoms with van der Waals surface area (Å²) >= 11 is 0. The van der Waals surface area contributed by atoms with Crippen LogP contribution in [0.15, 0.2) is 24.3 Å². The van der Waals surface area contributed by atoms with Gasteiger partial charge in [-0.15, -0.1) is 0 Å². The number of primary amides is 1. The average molecular weight is 248 g/mol. The number of amides is 1. The van der Waals surface area contributed by atoms with Gasteiger partial charge in [-0.3, -0.25) is 4.79 Å². The highest BCUT2D eigenvalue weighted by Gasteiger charge is 2.11. The smallest absolute Gasteiger partial charge is 0.248 e. The predicted octanol–water partition coefficient (Wildman–Crippen LogP) is 1.44. The summed E-state index contributed by atoms with van der Waals surface area (Å²) in [5, 5.41) is 3.51. The third kappa shape index (κ3) is 3.82. The molecule has 1 fully saturated rings. The van der Waals surface area contributed by atoms with Crippen molar-refractivity contribution < 1.29 is 9.53 Å². The Kier molecular flexibility index (Phi) is 4.73. The lowest BCUT2D eigenvalue weighted by molar-refractivity contribution is 0.1000. The van der Waals surface area contributed by atoms with Gasteiger partial charge in [0, 0.05) is 31.4 Å². The highest BCUT2D eigenvalue weighted by molar-refractivity contribution is 5.92. The molecule has 0 saturated carbocycles. The molecule has 0 radical (unpaired) electrons. The zero-order chi connectivity index (χ0) is 12.8. The molecule has 1 aliphatic rings. The van der Waals surface area contributed by atoms with E-state index in [0.717, 1.165) is 44.6 Å². The molecule has 0 aliphatic carbocycles. The second-order valence-corrected chi connectivity index (χ2v) is 4.69. The number of hydrogen-bond acceptors (Lipinski definition) is 3. The van der Waals surface area contributed by atoms with E-state index in [-0.39, 0.29) is 5.91 Å². The molecule has 1 amide bonds. The van der Waals surface area contributed by atoms with Crippen molar-refractivity contribution in [3.05, 3.63) is 35.4 Å². The standard InChI is InChI=1S/C14H20N2O2/c15-14(17)12-4-1-3-11(9-12)10-16-13-5-2-7-18-8-6-13/h1,3-4,9,13,16H,2,5-8,10H2,(H2,15,17). The van der Waals surface area contributed by atoms with E-state index in [1.807, 2.05) is 18.2 Å². The van der Waals surface area contributed by atoms with Crippen LogP contribution in [0.3, 0.4) is 0 Å². The summed E-state index contributed by atoms with van der Waals surface area (Å²) in [6, 6.07) is 7.97. The maximum Gasteiger partial charge on any atom is 0.248 e. The van der Waals surface area contributed by atoms with Crippen LogP contribution in [0, 0.1) is 0 Å². The number of carbonyl (C=O) groups is 1. The van der Waals surface area contributed by atoms with Crippen LogP contribution in [0.5, 0.6) is 0 Å². The lowest BCUT2D eigenvalue weighted by Gasteiger charge is -2.15. The number of carbonyl (C=O) groups excluding carboxylic acids is 1. The van der Waals surface area contributed by atoms with Crippen molar-refractivity contribution in [1.82, 2.24) is 5.32 Å². The monoisotopic (exact) mass is 248 g/mol. The van der Waals surface area contributed by atoms with Gasteiger partial charge in [0.1, 0.15) is 0 Å². The SMILES string of the molecule is NC(=O)c1cccc(CNC2CCCOCC2)c1. The summed E-state index contributed by atoms with van der Waals surface area (Å²) in [6.07, 6.45) is 3.31. The molecule has 1 aromatic carbocycles. The average Bonchev–Trinajstić information content (AvgIpc) is 2.65. The van der Waals surface area contributed by atoms with Gasteiger partial charge in [0.15, 0.2) is 0 Å². The predicted molar refractivity (Wildman–Crippen MR) is 70.3 cm³/mol. The summed E-state index contributed by atoms with van der Waals surface area (Å²) in [7, 11) is 0. The summed E-state index contributed by atoms with van der Waals surface area (Å²) < 4.78 is 5.43. The molecule has 98 valence electrons. The Balaban J connectivity index is 1.88. The maximum atomic E-state index is 11.1. The molecule has 1 aromatic rings. The van der Waals surface area contributed by atoms with E-state index in [2.05, 4.69) is 5.32 Å². The molecule has 4 nitrogen and oxygen atoms in total. The Labute approximate surface area is 108 Å². The largest absolute Gasteiger partial charge is 0.381 e. The van der Waals surface area contributed by atoms with Gasteiger partial charge in [0.2, 0.25) is 5.91 Å². The minimum atomic E-state index is -0.375. The molecule has 1 atom stereocenters. The highest BCUT2D eigenvalue weighted by Crippen LogP contribution is 2.10. The molecule has 1 saturated heterocycles. The first-order valence-corrected chi connectivity index (χ1v) is 6.45. The summed E-state index contributed by atoms with van der Waals surface area (Å²) in [5.74, 6) is -0.375. The van der Waals surface area contributed by atoms with Crippen molar-refractivity contribution in [1.29, 1.82) is 0 Å². The molecule has 4 heteroatoms. The van der Waals surface area contributed by atoms with Crippen molar-refractivity contribution >= 4 is 5.91 Å². The van der Waals surface area contributed by atoms with Crippen molar-refractivity contribution in [2.75, 3.05) is 13.2 Å². The first-order chi connectivity index (χ1) is 8.75. The van der Waals surface area contributed by atoms with Gasteiger partial charge in [0.25, 0.3) is 0 Å². The van der Waals surface area contributed by atoms with Crippen LogP contribution >= 0.6 is 0 Å². The zero-order valence-corrected chi connectivity index (χ0v) is 10.5. The van der Waals surface area contributed by atoms with Crippen LogP contribution in [-0.2, 0) is 11.3 Å². The molecule has 3 N–H and O–H groups in total. The topological polar surface area (TPSA) is 64.4 Å². The second kappa shape index (κ2) is 6.52. The summed E-state index contributed by atoms with van der Waals surface area (Å²) in [6.45, 7) is 2.47. The molecule has 1 aliphatic heterocycles. The van der Waals surface area contributed by atoms with Crippen molar-refractivity contribution in [3.63, 3.8) is 0 Å². The number of nitrogens with two attached hydrogens (primary N) is 1. The van der Waals surface area contributed by atoms with Gasteiger partial charge in [0.05, 0.1) is 0 Å². The third-order valence-electron chi connectivity index (χ3n) is 3.26. The Hall–Kier alpha value is -1.39. The number of nitrogens with one attached hydrogen (secondary N) is 1. The number of benzene rings is 1. The lowest BCUT2D eigenvalue weighted by Crippen LogP contribution is -2.28. The van der Waals surface area contributed by atoms with Crippen molar-refractivity contribution in [2.45, 2.75) is 31.8 Å². The molecule has 18 heavy (non-hydrogen) atoms. The van der Waals surface area contributed by atoms with Crippen molar-refractivity contribution in [3.8, 4) is 0 Å². The third-order valence-corrected chi connectivity index (χ3v) is 3.26. The Bertz CT molecular complexity index is 399. The molecule has 0 spiro atoms. The molecule has 1 unspecified atom stereocenters. The van der Waals surface area contributed by atoms with E-state index in [1.54, 1.807) is 6.07 Å². The first-order valence-electron chi connectivity index (χ1n) is 6.45. The van der Waals surface area contributed by atoms with Gasteiger partial charge in [-0.1, -0.05) is 12.1 Å². The van der Waals surface area contributed by atoms with Gasteiger partial charge >= 0.3 is 0 Å². The minimum absolute atomic E-state index is 0.375. The van der Waals surface area contributed by atoms with E-state index >= 15 is 0 Å². The molecule has 2 rings (SSSR count). The molecular weight excluding hydrogens is 228 g/mol. The van der Waals surface area contributed by atoms with Crippen molar-refractivity contribution in [2.24, 2.45) is 5.73 Å².